The highest BCUT2D eigenvalue weighted by molar-refractivity contribution is 9.10. The van der Waals surface area contributed by atoms with E-state index in [9.17, 15) is 8.78 Å². The van der Waals surface area contributed by atoms with E-state index in [0.29, 0.717) is 12.2 Å². The Bertz CT molecular complexity index is 549. The monoisotopic (exact) mass is 311 g/mol. The molecule has 0 fully saturated rings. The second-order valence-electron chi connectivity index (χ2n) is 4.11. The van der Waals surface area contributed by atoms with Crippen molar-refractivity contribution in [2.24, 2.45) is 0 Å². The van der Waals surface area contributed by atoms with E-state index in [1.807, 2.05) is 25.1 Å². The zero-order chi connectivity index (χ0) is 13.1. The smallest absolute Gasteiger partial charge is 0.128 e. The predicted molar refractivity (Wildman–Crippen MR) is 72.6 cm³/mol. The summed E-state index contributed by atoms with van der Waals surface area (Å²) in [5.41, 5.74) is 2.62. The summed E-state index contributed by atoms with van der Waals surface area (Å²) in [6, 6.07) is 9.36. The highest BCUT2D eigenvalue weighted by Crippen LogP contribution is 2.20. The van der Waals surface area contributed by atoms with Gasteiger partial charge in [-0.3, -0.25) is 0 Å². The van der Waals surface area contributed by atoms with Crippen LogP contribution in [0.1, 0.15) is 11.1 Å². The quantitative estimate of drug-likeness (QED) is 0.870. The van der Waals surface area contributed by atoms with Gasteiger partial charge in [-0.25, -0.2) is 8.78 Å². The third-order valence-corrected chi connectivity index (χ3v) is 3.29. The van der Waals surface area contributed by atoms with Gasteiger partial charge in [0.2, 0.25) is 0 Å². The van der Waals surface area contributed by atoms with Crippen LogP contribution in [0.15, 0.2) is 40.9 Å². The van der Waals surface area contributed by atoms with Gasteiger partial charge >= 0.3 is 0 Å². The lowest BCUT2D eigenvalue weighted by Gasteiger charge is -2.09. The fourth-order valence-electron chi connectivity index (χ4n) is 1.65. The van der Waals surface area contributed by atoms with Crippen LogP contribution in [0.4, 0.5) is 14.5 Å². The molecule has 0 aromatic heterocycles. The van der Waals surface area contributed by atoms with E-state index >= 15 is 0 Å². The van der Waals surface area contributed by atoms with Crippen molar-refractivity contribution < 1.29 is 8.78 Å². The molecule has 18 heavy (non-hydrogen) atoms. The lowest BCUT2D eigenvalue weighted by atomic mass is 10.1. The molecule has 0 radical (unpaired) electrons. The Morgan fingerprint density at radius 1 is 1.06 bits per heavy atom. The van der Waals surface area contributed by atoms with Gasteiger partial charge in [-0.1, -0.05) is 28.1 Å². The van der Waals surface area contributed by atoms with Gasteiger partial charge in [0.05, 0.1) is 0 Å². The summed E-state index contributed by atoms with van der Waals surface area (Å²) in [6.07, 6.45) is 0. The van der Waals surface area contributed by atoms with Gasteiger partial charge in [-0.15, -0.1) is 0 Å². The zero-order valence-electron chi connectivity index (χ0n) is 9.81. The lowest BCUT2D eigenvalue weighted by molar-refractivity contribution is 0.584. The van der Waals surface area contributed by atoms with E-state index in [-0.39, 0.29) is 0 Å². The van der Waals surface area contributed by atoms with Crippen molar-refractivity contribution in [2.75, 3.05) is 5.32 Å². The van der Waals surface area contributed by atoms with Gasteiger partial charge in [0.25, 0.3) is 0 Å². The highest BCUT2D eigenvalue weighted by Gasteiger charge is 2.03. The molecule has 2 aromatic rings. The van der Waals surface area contributed by atoms with Crippen LogP contribution in [-0.4, -0.2) is 0 Å². The number of halogens is 3. The first-order valence-corrected chi connectivity index (χ1v) is 6.29. The summed E-state index contributed by atoms with van der Waals surface area (Å²) in [6.45, 7) is 2.51. The fourth-order valence-corrected chi connectivity index (χ4v) is 2.28. The minimum atomic E-state index is -0.583. The van der Waals surface area contributed by atoms with Crippen LogP contribution in [0.5, 0.6) is 0 Å². The van der Waals surface area contributed by atoms with Crippen LogP contribution < -0.4 is 5.32 Å². The van der Waals surface area contributed by atoms with E-state index in [0.717, 1.165) is 21.7 Å². The van der Waals surface area contributed by atoms with Gasteiger partial charge in [0.15, 0.2) is 0 Å². The third kappa shape index (κ3) is 3.29. The van der Waals surface area contributed by atoms with Crippen molar-refractivity contribution in [1.82, 2.24) is 0 Å². The topological polar surface area (TPSA) is 12.0 Å². The molecule has 2 rings (SSSR count). The molecule has 0 unspecified atom stereocenters. The van der Waals surface area contributed by atoms with Gasteiger partial charge < -0.3 is 5.32 Å². The van der Waals surface area contributed by atoms with Gasteiger partial charge in [-0.2, -0.15) is 0 Å². The summed E-state index contributed by atoms with van der Waals surface area (Å²) in [7, 11) is 0. The Kier molecular flexibility index (Phi) is 3.97. The van der Waals surface area contributed by atoms with E-state index in [1.165, 1.54) is 12.1 Å². The molecule has 0 aliphatic carbocycles. The molecular formula is C14H12BrF2N. The molecule has 0 bridgehead atoms. The fraction of sp³-hybridized carbons (Fsp3) is 0.143. The molecule has 0 atom stereocenters. The first-order chi connectivity index (χ1) is 8.54. The van der Waals surface area contributed by atoms with Gasteiger partial charge in [0.1, 0.15) is 11.6 Å². The van der Waals surface area contributed by atoms with Crippen molar-refractivity contribution in [3.8, 4) is 0 Å². The van der Waals surface area contributed by atoms with Crippen molar-refractivity contribution in [3.05, 3.63) is 63.6 Å². The van der Waals surface area contributed by atoms with Gasteiger partial charge in [-0.05, 0) is 36.2 Å². The number of rotatable bonds is 3. The average Bonchev–Trinajstić information content (AvgIpc) is 2.26. The largest absolute Gasteiger partial charge is 0.381 e. The molecule has 0 saturated heterocycles. The lowest BCUT2D eigenvalue weighted by Crippen LogP contribution is -2.01. The molecule has 0 aliphatic heterocycles. The maximum atomic E-state index is 13.0. The normalized spacial score (nSPS) is 10.4. The molecule has 0 heterocycles. The molecule has 0 saturated carbocycles. The minimum Gasteiger partial charge on any atom is -0.381 e. The SMILES string of the molecule is Cc1ccc(CNc2cc(F)cc(F)c2)c(Br)c1. The highest BCUT2D eigenvalue weighted by atomic mass is 79.9. The summed E-state index contributed by atoms with van der Waals surface area (Å²) < 4.78 is 27.0. The predicted octanol–water partition coefficient (Wildman–Crippen LogP) is 4.65. The summed E-state index contributed by atoms with van der Waals surface area (Å²) in [4.78, 5) is 0. The van der Waals surface area contributed by atoms with Crippen LogP contribution >= 0.6 is 15.9 Å². The molecule has 2 aromatic carbocycles. The molecular weight excluding hydrogens is 300 g/mol. The Balaban J connectivity index is 2.11. The first kappa shape index (κ1) is 13.0. The van der Waals surface area contributed by atoms with Crippen molar-refractivity contribution in [1.29, 1.82) is 0 Å². The summed E-state index contributed by atoms with van der Waals surface area (Å²) in [5.74, 6) is -1.17. The second kappa shape index (κ2) is 5.48. The summed E-state index contributed by atoms with van der Waals surface area (Å²) >= 11 is 3.46. The number of hydrogen-bond donors (Lipinski definition) is 1. The number of hydrogen-bond acceptors (Lipinski definition) is 1. The first-order valence-electron chi connectivity index (χ1n) is 5.49. The zero-order valence-corrected chi connectivity index (χ0v) is 11.4. The van der Waals surface area contributed by atoms with Crippen molar-refractivity contribution in [2.45, 2.75) is 13.5 Å². The maximum Gasteiger partial charge on any atom is 0.128 e. The van der Waals surface area contributed by atoms with Crippen LogP contribution in [0.25, 0.3) is 0 Å². The standard InChI is InChI=1S/C14H12BrF2N/c1-9-2-3-10(14(15)4-9)8-18-13-6-11(16)5-12(17)7-13/h2-7,18H,8H2,1H3. The number of aryl methyl sites for hydroxylation is 1. The molecule has 4 heteroatoms. The van der Waals surface area contributed by atoms with Crippen LogP contribution in [0.2, 0.25) is 0 Å². The molecule has 1 nitrogen and oxygen atoms in total. The van der Waals surface area contributed by atoms with Crippen LogP contribution in [0.3, 0.4) is 0 Å². The van der Waals surface area contributed by atoms with E-state index < -0.39 is 11.6 Å². The van der Waals surface area contributed by atoms with Gasteiger partial charge in [0, 0.05) is 22.8 Å². The summed E-state index contributed by atoms with van der Waals surface area (Å²) in [5, 5.41) is 2.99. The molecule has 0 amide bonds. The number of anilines is 1. The van der Waals surface area contributed by atoms with Crippen molar-refractivity contribution in [3.63, 3.8) is 0 Å². The second-order valence-corrected chi connectivity index (χ2v) is 4.96. The molecule has 0 aliphatic rings. The maximum absolute atomic E-state index is 13.0. The van der Waals surface area contributed by atoms with Crippen molar-refractivity contribution >= 4 is 21.6 Å². The Morgan fingerprint density at radius 3 is 2.33 bits per heavy atom. The average molecular weight is 312 g/mol. The molecule has 94 valence electrons. The third-order valence-electron chi connectivity index (χ3n) is 2.55. The van der Waals surface area contributed by atoms with E-state index in [1.54, 1.807) is 0 Å². The molecule has 1 N–H and O–H groups in total. The Labute approximate surface area is 113 Å². The Morgan fingerprint density at radius 2 is 1.72 bits per heavy atom. The Hall–Kier alpha value is -1.42. The minimum absolute atomic E-state index is 0.431. The molecule has 0 spiro atoms. The number of benzene rings is 2. The van der Waals surface area contributed by atoms with E-state index in [2.05, 4.69) is 21.2 Å². The van der Waals surface area contributed by atoms with Crippen LogP contribution in [0, 0.1) is 18.6 Å². The number of nitrogens with one attached hydrogen (secondary N) is 1. The van der Waals surface area contributed by atoms with E-state index in [4.69, 9.17) is 0 Å². The van der Waals surface area contributed by atoms with Crippen LogP contribution in [-0.2, 0) is 6.54 Å².